The van der Waals surface area contributed by atoms with Crippen LogP contribution in [0.15, 0.2) is 24.3 Å². The molecule has 0 saturated heterocycles. The average Bonchev–Trinajstić information content (AvgIpc) is 2.66. The molecule has 2 aliphatic rings. The zero-order chi connectivity index (χ0) is 18.5. The van der Waals surface area contributed by atoms with Crippen molar-refractivity contribution in [1.29, 1.82) is 0 Å². The molecule has 3 rings (SSSR count). The summed E-state index contributed by atoms with van der Waals surface area (Å²) in [7, 11) is 0. The minimum Gasteiger partial charge on any atom is -0.352 e. The summed E-state index contributed by atoms with van der Waals surface area (Å²) in [6.07, 6.45) is 6.36. The molecule has 0 spiro atoms. The molecule has 2 amide bonds. The molecule has 0 unspecified atom stereocenters. The van der Waals surface area contributed by atoms with Gasteiger partial charge in [-0.1, -0.05) is 57.4 Å². The predicted octanol–water partition coefficient (Wildman–Crippen LogP) is 2.71. The molecule has 0 aromatic heterocycles. The summed E-state index contributed by atoms with van der Waals surface area (Å²) in [5.41, 5.74) is 2.45. The number of hydrogen-bond donors (Lipinski definition) is 3. The molecule has 3 N–H and O–H groups in total. The van der Waals surface area contributed by atoms with Crippen molar-refractivity contribution in [3.8, 4) is 0 Å². The van der Waals surface area contributed by atoms with Gasteiger partial charge < -0.3 is 16.0 Å². The number of hydrogen-bond acceptors (Lipinski definition) is 3. The summed E-state index contributed by atoms with van der Waals surface area (Å²) in [5, 5.41) is 9.44. The molecule has 1 aromatic carbocycles. The van der Waals surface area contributed by atoms with Crippen molar-refractivity contribution < 1.29 is 9.59 Å². The maximum atomic E-state index is 12.8. The highest BCUT2D eigenvalue weighted by Gasteiger charge is 2.30. The Hall–Kier alpha value is -1.59. The Kier molecular flexibility index (Phi) is 8.11. The van der Waals surface area contributed by atoms with E-state index in [0.29, 0.717) is 13.0 Å². The quantitative estimate of drug-likeness (QED) is 0.720. The van der Waals surface area contributed by atoms with Gasteiger partial charge in [0.15, 0.2) is 0 Å². The topological polar surface area (TPSA) is 70.2 Å². The molecule has 6 heteroatoms. The van der Waals surface area contributed by atoms with Gasteiger partial charge in [0.25, 0.3) is 0 Å². The van der Waals surface area contributed by atoms with Crippen LogP contribution in [0.3, 0.4) is 0 Å². The maximum Gasteiger partial charge on any atom is 0.243 e. The Morgan fingerprint density at radius 3 is 2.41 bits per heavy atom. The number of halogens is 1. The van der Waals surface area contributed by atoms with Gasteiger partial charge in [-0.15, -0.1) is 12.4 Å². The molecule has 1 aliphatic carbocycles. The molecule has 1 aliphatic heterocycles. The van der Waals surface area contributed by atoms with Gasteiger partial charge in [-0.25, -0.2) is 0 Å². The summed E-state index contributed by atoms with van der Waals surface area (Å²) in [5.74, 6) is -0.0770. The molecular formula is C21H32ClN3O2. The fourth-order valence-electron chi connectivity index (χ4n) is 3.97. The first-order valence-corrected chi connectivity index (χ1v) is 9.95. The van der Waals surface area contributed by atoms with Crippen LogP contribution in [-0.2, 0) is 22.6 Å². The first-order valence-electron chi connectivity index (χ1n) is 9.95. The molecular weight excluding hydrogens is 362 g/mol. The van der Waals surface area contributed by atoms with E-state index < -0.39 is 6.04 Å². The van der Waals surface area contributed by atoms with Gasteiger partial charge in [0.05, 0.1) is 6.04 Å². The highest BCUT2D eigenvalue weighted by molar-refractivity contribution is 5.90. The third-order valence-electron chi connectivity index (χ3n) is 5.60. The molecule has 27 heavy (non-hydrogen) atoms. The largest absolute Gasteiger partial charge is 0.352 e. The SMILES string of the molecule is CC(C)[C@H](NC(=O)[C@@H]1Cc2ccccc2CN1)C(=O)NC1CCCCC1.Cl. The van der Waals surface area contributed by atoms with Crippen molar-refractivity contribution in [2.45, 2.75) is 77.0 Å². The van der Waals surface area contributed by atoms with Gasteiger partial charge in [-0.05, 0) is 36.3 Å². The number of amides is 2. The zero-order valence-corrected chi connectivity index (χ0v) is 17.1. The maximum absolute atomic E-state index is 12.8. The van der Waals surface area contributed by atoms with Crippen LogP contribution in [0.25, 0.3) is 0 Å². The van der Waals surface area contributed by atoms with E-state index in [4.69, 9.17) is 0 Å². The minimum atomic E-state index is -0.483. The fraction of sp³-hybridized carbons (Fsp3) is 0.619. The number of nitrogens with one attached hydrogen (secondary N) is 3. The Balaban J connectivity index is 0.00000261. The van der Waals surface area contributed by atoms with Gasteiger partial charge in [0.2, 0.25) is 11.8 Å². The molecule has 1 fully saturated rings. The molecule has 5 nitrogen and oxygen atoms in total. The number of benzene rings is 1. The predicted molar refractivity (Wildman–Crippen MR) is 110 cm³/mol. The monoisotopic (exact) mass is 393 g/mol. The lowest BCUT2D eigenvalue weighted by Crippen LogP contribution is -2.57. The van der Waals surface area contributed by atoms with Crippen LogP contribution in [-0.4, -0.2) is 29.9 Å². The van der Waals surface area contributed by atoms with Gasteiger partial charge in [-0.2, -0.15) is 0 Å². The summed E-state index contributed by atoms with van der Waals surface area (Å²) >= 11 is 0. The van der Waals surface area contributed by atoms with Gasteiger partial charge in [0, 0.05) is 12.6 Å². The first-order chi connectivity index (χ1) is 12.5. The van der Waals surface area contributed by atoms with E-state index in [1.54, 1.807) is 0 Å². The lowest BCUT2D eigenvalue weighted by molar-refractivity contribution is -0.131. The standard InChI is InChI=1S/C21H31N3O2.ClH/c1-14(2)19(21(26)23-17-10-4-3-5-11-17)24-20(25)18-12-15-8-6-7-9-16(15)13-22-18;/h6-9,14,17-19,22H,3-5,10-13H2,1-2H3,(H,23,26)(H,24,25);1H/t18-,19-;/m0./s1. The highest BCUT2D eigenvalue weighted by atomic mass is 35.5. The molecule has 1 saturated carbocycles. The van der Waals surface area contributed by atoms with Gasteiger partial charge in [-0.3, -0.25) is 9.59 Å². The van der Waals surface area contributed by atoms with Crippen LogP contribution in [0.4, 0.5) is 0 Å². The Morgan fingerprint density at radius 2 is 1.74 bits per heavy atom. The summed E-state index contributed by atoms with van der Waals surface area (Å²) in [6, 6.07) is 7.68. The summed E-state index contributed by atoms with van der Waals surface area (Å²) in [6.45, 7) is 4.65. The van der Waals surface area contributed by atoms with Crippen molar-refractivity contribution in [2.24, 2.45) is 5.92 Å². The van der Waals surface area contributed by atoms with Crippen molar-refractivity contribution in [1.82, 2.24) is 16.0 Å². The fourth-order valence-corrected chi connectivity index (χ4v) is 3.97. The van der Waals surface area contributed by atoms with Crippen molar-refractivity contribution in [3.05, 3.63) is 35.4 Å². The van der Waals surface area contributed by atoms with Crippen LogP contribution in [0.1, 0.15) is 57.1 Å². The molecule has 150 valence electrons. The molecule has 0 bridgehead atoms. The molecule has 2 atom stereocenters. The molecule has 1 heterocycles. The molecule has 1 aromatic rings. The number of rotatable bonds is 5. The second kappa shape index (κ2) is 10.1. The zero-order valence-electron chi connectivity index (χ0n) is 16.3. The third-order valence-corrected chi connectivity index (χ3v) is 5.60. The van der Waals surface area contributed by atoms with Crippen molar-refractivity contribution in [3.63, 3.8) is 0 Å². The van der Waals surface area contributed by atoms with Crippen LogP contribution in [0.5, 0.6) is 0 Å². The van der Waals surface area contributed by atoms with E-state index in [9.17, 15) is 9.59 Å². The summed E-state index contributed by atoms with van der Waals surface area (Å²) in [4.78, 5) is 25.5. The van der Waals surface area contributed by atoms with Crippen molar-refractivity contribution in [2.75, 3.05) is 0 Å². The van der Waals surface area contributed by atoms with Gasteiger partial charge >= 0.3 is 0 Å². The van der Waals surface area contributed by atoms with E-state index in [1.165, 1.54) is 30.4 Å². The lowest BCUT2D eigenvalue weighted by Gasteiger charge is -2.30. The van der Waals surface area contributed by atoms with Crippen LogP contribution >= 0.6 is 12.4 Å². The Morgan fingerprint density at radius 1 is 1.07 bits per heavy atom. The summed E-state index contributed by atoms with van der Waals surface area (Å²) < 4.78 is 0. The van der Waals surface area contributed by atoms with Crippen LogP contribution in [0.2, 0.25) is 0 Å². The first kappa shape index (κ1) is 21.7. The minimum absolute atomic E-state index is 0. The highest BCUT2D eigenvalue weighted by Crippen LogP contribution is 2.19. The second-order valence-corrected chi connectivity index (χ2v) is 7.98. The average molecular weight is 394 g/mol. The Labute approximate surface area is 168 Å². The van der Waals surface area contributed by atoms with Crippen LogP contribution < -0.4 is 16.0 Å². The van der Waals surface area contributed by atoms with Crippen LogP contribution in [0, 0.1) is 5.92 Å². The number of carbonyl (C=O) groups is 2. The number of carbonyl (C=O) groups excluding carboxylic acids is 2. The number of fused-ring (bicyclic) bond motifs is 1. The third kappa shape index (κ3) is 5.69. The smallest absolute Gasteiger partial charge is 0.243 e. The molecule has 0 radical (unpaired) electrons. The van der Waals surface area contributed by atoms with E-state index in [0.717, 1.165) is 12.8 Å². The van der Waals surface area contributed by atoms with E-state index in [2.05, 4.69) is 28.1 Å². The normalized spacial score (nSPS) is 20.9. The van der Waals surface area contributed by atoms with Gasteiger partial charge in [0.1, 0.15) is 6.04 Å². The second-order valence-electron chi connectivity index (χ2n) is 7.98. The van der Waals surface area contributed by atoms with E-state index in [-0.39, 0.29) is 42.2 Å². The van der Waals surface area contributed by atoms with Crippen molar-refractivity contribution >= 4 is 24.2 Å². The Bertz CT molecular complexity index is 644. The lowest BCUT2D eigenvalue weighted by atomic mass is 9.93. The van der Waals surface area contributed by atoms with E-state index >= 15 is 0 Å². The van der Waals surface area contributed by atoms with E-state index in [1.807, 2.05) is 26.0 Å².